The van der Waals surface area contributed by atoms with Crippen LogP contribution in [0.15, 0.2) is 65.8 Å². The molecule has 5 rings (SSSR count). The number of fused-ring (bicyclic) bond motifs is 4. The molecule has 0 bridgehead atoms. The van der Waals surface area contributed by atoms with Crippen molar-refractivity contribution < 1.29 is 0 Å². The number of para-hydroxylation sites is 2. The molecule has 6 heteroatoms. The number of pyridine rings is 1. The molecule has 0 fully saturated rings. The summed E-state index contributed by atoms with van der Waals surface area (Å²) in [5, 5.41) is 4.13. The number of anilines is 1. The molecule has 4 aromatic rings. The van der Waals surface area contributed by atoms with Crippen LogP contribution in [0.3, 0.4) is 0 Å². The van der Waals surface area contributed by atoms with Gasteiger partial charge < -0.3 is 5.73 Å². The van der Waals surface area contributed by atoms with Gasteiger partial charge in [0.2, 0.25) is 5.95 Å². The third kappa shape index (κ3) is 1.86. The highest BCUT2D eigenvalue weighted by Crippen LogP contribution is 2.33. The lowest BCUT2D eigenvalue weighted by Crippen LogP contribution is -2.31. The summed E-state index contributed by atoms with van der Waals surface area (Å²) in [6, 6.07) is 18.1. The Balaban J connectivity index is 1.76. The molecule has 0 saturated heterocycles. The number of hydrogen-bond acceptors (Lipinski definition) is 5. The van der Waals surface area contributed by atoms with Gasteiger partial charge in [0.15, 0.2) is 12.1 Å². The number of rotatable bonds is 1. The fourth-order valence-electron chi connectivity index (χ4n) is 3.19. The van der Waals surface area contributed by atoms with Crippen molar-refractivity contribution in [2.24, 2.45) is 10.7 Å². The van der Waals surface area contributed by atoms with Crippen LogP contribution in [0, 0.1) is 0 Å². The van der Waals surface area contributed by atoms with Gasteiger partial charge in [-0.2, -0.15) is 0 Å². The number of aromatic nitrogens is 3. The van der Waals surface area contributed by atoms with Crippen LogP contribution >= 0.6 is 0 Å². The molecule has 1 unspecified atom stereocenters. The third-order valence-corrected chi connectivity index (χ3v) is 4.27. The van der Waals surface area contributed by atoms with Gasteiger partial charge in [-0.3, -0.25) is 14.9 Å². The molecule has 6 nitrogen and oxygen atoms in total. The minimum atomic E-state index is -0.252. The predicted octanol–water partition coefficient (Wildman–Crippen LogP) is 2.87. The summed E-state index contributed by atoms with van der Waals surface area (Å²) < 4.78 is 2.07. The molecular weight excluding hydrogens is 300 g/mol. The zero-order valence-corrected chi connectivity index (χ0v) is 12.7. The molecule has 3 N–H and O–H groups in total. The van der Waals surface area contributed by atoms with Crippen LogP contribution in [0.5, 0.6) is 0 Å². The van der Waals surface area contributed by atoms with Gasteiger partial charge in [0.25, 0.3) is 0 Å². The summed E-state index contributed by atoms with van der Waals surface area (Å²) in [6.07, 6.45) is 1.54. The summed E-state index contributed by atoms with van der Waals surface area (Å²) in [7, 11) is 0. The average Bonchev–Trinajstić information content (AvgIpc) is 2.98. The van der Waals surface area contributed by atoms with E-state index in [9.17, 15) is 0 Å². The number of nitrogens with one attached hydrogen (secondary N) is 1. The van der Waals surface area contributed by atoms with Crippen LogP contribution in [-0.2, 0) is 0 Å². The standard InChI is InChI=1S/C18H14N6/c19-17-22-16(12-7-8-13-11(10-12)4-3-9-20-13)24-15-6-2-1-5-14(15)21-18(24)23-17/h1-10,16H,(H3,19,21,22,23). The second-order valence-electron chi connectivity index (χ2n) is 5.76. The van der Waals surface area contributed by atoms with E-state index in [2.05, 4.69) is 30.9 Å². The smallest absolute Gasteiger partial charge is 0.212 e. The fraction of sp³-hybridized carbons (Fsp3) is 0.0556. The molecule has 1 aliphatic rings. The van der Waals surface area contributed by atoms with Crippen LogP contribution in [-0.4, -0.2) is 20.5 Å². The predicted molar refractivity (Wildman–Crippen MR) is 94.9 cm³/mol. The minimum absolute atomic E-state index is 0.252. The van der Waals surface area contributed by atoms with Gasteiger partial charge in [0.1, 0.15) is 0 Å². The second-order valence-corrected chi connectivity index (χ2v) is 5.76. The van der Waals surface area contributed by atoms with Crippen molar-refractivity contribution in [3.05, 3.63) is 66.4 Å². The quantitative estimate of drug-likeness (QED) is 0.566. The number of guanidine groups is 1. The molecule has 1 atom stereocenters. The molecule has 0 spiro atoms. The Morgan fingerprint density at radius 3 is 2.88 bits per heavy atom. The highest BCUT2D eigenvalue weighted by atomic mass is 15.4. The summed E-state index contributed by atoms with van der Waals surface area (Å²) in [6.45, 7) is 0. The van der Waals surface area contributed by atoms with Crippen molar-refractivity contribution in [1.29, 1.82) is 0 Å². The molecule has 0 radical (unpaired) electrons. The van der Waals surface area contributed by atoms with Gasteiger partial charge in [-0.25, -0.2) is 9.98 Å². The van der Waals surface area contributed by atoms with E-state index in [1.54, 1.807) is 6.20 Å². The first-order chi connectivity index (χ1) is 11.8. The number of nitrogens with zero attached hydrogens (tertiary/aromatic N) is 4. The lowest BCUT2D eigenvalue weighted by molar-refractivity contribution is 0.627. The monoisotopic (exact) mass is 314 g/mol. The SMILES string of the molecule is NC1=NC(c2ccc3ncccc3c2)n2c(nc3ccccc32)N1. The Labute approximate surface area is 137 Å². The Bertz CT molecular complexity index is 1110. The molecule has 0 aliphatic carbocycles. The first kappa shape index (κ1) is 13.1. The maximum atomic E-state index is 5.98. The Kier molecular flexibility index (Phi) is 2.61. The number of aliphatic imine (C=N–C) groups is 1. The van der Waals surface area contributed by atoms with Crippen LogP contribution in [0.1, 0.15) is 11.7 Å². The van der Waals surface area contributed by atoms with Crippen molar-refractivity contribution >= 4 is 33.8 Å². The van der Waals surface area contributed by atoms with Crippen LogP contribution < -0.4 is 11.1 Å². The largest absolute Gasteiger partial charge is 0.370 e. The highest BCUT2D eigenvalue weighted by Gasteiger charge is 2.25. The maximum absolute atomic E-state index is 5.98. The van der Waals surface area contributed by atoms with E-state index in [-0.39, 0.29) is 6.17 Å². The normalized spacial score (nSPS) is 16.7. The molecule has 24 heavy (non-hydrogen) atoms. The van der Waals surface area contributed by atoms with E-state index in [1.807, 2.05) is 48.5 Å². The van der Waals surface area contributed by atoms with Gasteiger partial charge in [-0.05, 0) is 35.9 Å². The Morgan fingerprint density at radius 2 is 1.92 bits per heavy atom. The van der Waals surface area contributed by atoms with E-state index in [4.69, 9.17) is 5.73 Å². The zero-order chi connectivity index (χ0) is 16.1. The van der Waals surface area contributed by atoms with Gasteiger partial charge in [0.05, 0.1) is 16.6 Å². The van der Waals surface area contributed by atoms with Crippen LogP contribution in [0.2, 0.25) is 0 Å². The molecule has 2 aromatic carbocycles. The first-order valence-corrected chi connectivity index (χ1v) is 7.71. The number of benzene rings is 2. The van der Waals surface area contributed by atoms with Crippen LogP contribution in [0.25, 0.3) is 21.9 Å². The van der Waals surface area contributed by atoms with E-state index >= 15 is 0 Å². The third-order valence-electron chi connectivity index (χ3n) is 4.27. The molecule has 0 saturated carbocycles. The first-order valence-electron chi connectivity index (χ1n) is 7.71. The number of imidazole rings is 1. The molecule has 2 aromatic heterocycles. The van der Waals surface area contributed by atoms with Gasteiger partial charge in [0, 0.05) is 11.6 Å². The van der Waals surface area contributed by atoms with Gasteiger partial charge in [-0.1, -0.05) is 24.3 Å². The fourth-order valence-corrected chi connectivity index (χ4v) is 3.19. The molecule has 0 amide bonds. The molecule has 116 valence electrons. The zero-order valence-electron chi connectivity index (χ0n) is 12.7. The van der Waals surface area contributed by atoms with Crippen molar-refractivity contribution in [2.45, 2.75) is 6.17 Å². The molecular formula is C18H14N6. The van der Waals surface area contributed by atoms with E-state index in [1.165, 1.54) is 0 Å². The number of nitrogens with two attached hydrogens (primary N) is 1. The lowest BCUT2D eigenvalue weighted by atomic mass is 10.1. The Hall–Kier alpha value is -3.41. The summed E-state index contributed by atoms with van der Waals surface area (Å²) >= 11 is 0. The van der Waals surface area contributed by atoms with E-state index in [0.29, 0.717) is 11.9 Å². The Morgan fingerprint density at radius 1 is 1.00 bits per heavy atom. The summed E-state index contributed by atoms with van der Waals surface area (Å²) in [5.74, 6) is 1.08. The van der Waals surface area contributed by atoms with E-state index in [0.717, 1.165) is 27.5 Å². The summed E-state index contributed by atoms with van der Waals surface area (Å²) in [4.78, 5) is 13.6. The van der Waals surface area contributed by atoms with Crippen LogP contribution in [0.4, 0.5) is 5.95 Å². The van der Waals surface area contributed by atoms with Crippen molar-refractivity contribution in [3.8, 4) is 0 Å². The topological polar surface area (TPSA) is 81.1 Å². The molecule has 3 heterocycles. The van der Waals surface area contributed by atoms with Gasteiger partial charge in [-0.15, -0.1) is 0 Å². The lowest BCUT2D eigenvalue weighted by Gasteiger charge is -2.24. The maximum Gasteiger partial charge on any atom is 0.212 e. The summed E-state index contributed by atoms with van der Waals surface area (Å²) in [5.41, 5.74) is 9.93. The average molecular weight is 314 g/mol. The van der Waals surface area contributed by atoms with E-state index < -0.39 is 0 Å². The van der Waals surface area contributed by atoms with Crippen molar-refractivity contribution in [3.63, 3.8) is 0 Å². The van der Waals surface area contributed by atoms with Crippen molar-refractivity contribution in [2.75, 3.05) is 5.32 Å². The minimum Gasteiger partial charge on any atom is -0.370 e. The number of hydrogen-bond donors (Lipinski definition) is 2. The molecule has 1 aliphatic heterocycles. The van der Waals surface area contributed by atoms with Crippen molar-refractivity contribution in [1.82, 2.24) is 14.5 Å². The van der Waals surface area contributed by atoms with Gasteiger partial charge >= 0.3 is 0 Å². The second kappa shape index (κ2) is 4.79. The highest BCUT2D eigenvalue weighted by molar-refractivity contribution is 5.94.